The molecule has 0 fully saturated rings. The Morgan fingerprint density at radius 2 is 2.00 bits per heavy atom. The lowest BCUT2D eigenvalue weighted by atomic mass is 10.2. The lowest BCUT2D eigenvalue weighted by Crippen LogP contribution is -2.15. The van der Waals surface area contributed by atoms with E-state index in [2.05, 4.69) is 4.72 Å². The van der Waals surface area contributed by atoms with Gasteiger partial charge in [0.25, 0.3) is 10.0 Å². The molecule has 2 aromatic carbocycles. The number of benzene rings is 2. The van der Waals surface area contributed by atoms with Crippen LogP contribution >= 0.6 is 11.6 Å². The van der Waals surface area contributed by atoms with Crippen molar-refractivity contribution >= 4 is 27.3 Å². The van der Waals surface area contributed by atoms with Crippen LogP contribution in [0.5, 0.6) is 5.75 Å². The van der Waals surface area contributed by atoms with Crippen molar-refractivity contribution in [1.29, 1.82) is 5.26 Å². The van der Waals surface area contributed by atoms with Gasteiger partial charge in [0, 0.05) is 0 Å². The number of sulfonamides is 1. The van der Waals surface area contributed by atoms with Crippen LogP contribution < -0.4 is 4.72 Å². The monoisotopic (exact) mass is 326 g/mol. The van der Waals surface area contributed by atoms with Gasteiger partial charge in [0.2, 0.25) is 0 Å². The zero-order chi connectivity index (χ0) is 15.6. The van der Waals surface area contributed by atoms with E-state index in [-0.39, 0.29) is 16.5 Å². The molecule has 0 amide bonds. The molecule has 0 heterocycles. The van der Waals surface area contributed by atoms with Crippen LogP contribution in [0.2, 0.25) is 5.02 Å². The molecule has 0 aromatic heterocycles. The Balaban J connectivity index is 2.46. The van der Waals surface area contributed by atoms with E-state index in [0.29, 0.717) is 0 Å². The fourth-order valence-electron chi connectivity index (χ4n) is 1.62. The number of nitriles is 1. The molecule has 5 nitrogen and oxygen atoms in total. The third-order valence-electron chi connectivity index (χ3n) is 2.58. The summed E-state index contributed by atoms with van der Waals surface area (Å²) < 4.78 is 40.0. The number of aromatic hydroxyl groups is 1. The number of anilines is 1. The van der Waals surface area contributed by atoms with E-state index in [1.807, 2.05) is 0 Å². The molecule has 0 saturated carbocycles. The molecule has 0 unspecified atom stereocenters. The van der Waals surface area contributed by atoms with Crippen molar-refractivity contribution in [3.05, 3.63) is 52.8 Å². The molecular formula is C13H8ClFN2O3S. The van der Waals surface area contributed by atoms with Crippen LogP contribution in [0, 0.1) is 17.1 Å². The molecule has 8 heteroatoms. The highest BCUT2D eigenvalue weighted by molar-refractivity contribution is 7.92. The van der Waals surface area contributed by atoms with E-state index in [4.69, 9.17) is 16.9 Å². The van der Waals surface area contributed by atoms with Crippen LogP contribution in [0.25, 0.3) is 0 Å². The van der Waals surface area contributed by atoms with Crippen molar-refractivity contribution in [3.8, 4) is 11.8 Å². The standard InChI is InChI=1S/C13H8ClFN2O3S/c14-10-6-8(4-5-12(10)18)17-21(19,20)13-3-1-2-11(15)9(13)7-16/h1-6,17-18H. The number of nitrogens with one attached hydrogen (secondary N) is 1. The van der Waals surface area contributed by atoms with Gasteiger partial charge in [0.15, 0.2) is 0 Å². The summed E-state index contributed by atoms with van der Waals surface area (Å²) in [5, 5.41) is 18.1. The summed E-state index contributed by atoms with van der Waals surface area (Å²) in [6.45, 7) is 0. The Bertz CT molecular complexity index is 847. The molecule has 0 radical (unpaired) electrons. The predicted octanol–water partition coefficient (Wildman–Crippen LogP) is 2.86. The fourth-order valence-corrected chi connectivity index (χ4v) is 3.01. The number of hydrogen-bond donors (Lipinski definition) is 2. The van der Waals surface area contributed by atoms with Gasteiger partial charge in [0.1, 0.15) is 28.1 Å². The van der Waals surface area contributed by atoms with Crippen LogP contribution in [0.1, 0.15) is 5.56 Å². The van der Waals surface area contributed by atoms with Crippen LogP contribution in [0.4, 0.5) is 10.1 Å². The average molecular weight is 327 g/mol. The van der Waals surface area contributed by atoms with Gasteiger partial charge in [-0.2, -0.15) is 5.26 Å². The van der Waals surface area contributed by atoms with E-state index in [1.165, 1.54) is 30.3 Å². The van der Waals surface area contributed by atoms with Gasteiger partial charge in [-0.15, -0.1) is 0 Å². The summed E-state index contributed by atoms with van der Waals surface area (Å²) in [7, 11) is -4.16. The molecule has 21 heavy (non-hydrogen) atoms. The SMILES string of the molecule is N#Cc1c(F)cccc1S(=O)(=O)Nc1ccc(O)c(Cl)c1. The molecule has 2 N–H and O–H groups in total. The molecule has 0 saturated heterocycles. The second-order valence-electron chi connectivity index (χ2n) is 4.00. The van der Waals surface area contributed by atoms with Gasteiger partial charge in [-0.3, -0.25) is 4.72 Å². The second kappa shape index (κ2) is 5.60. The summed E-state index contributed by atoms with van der Waals surface area (Å²) in [4.78, 5) is -0.478. The minimum absolute atomic E-state index is 0.0463. The molecule has 0 aliphatic carbocycles. The quantitative estimate of drug-likeness (QED) is 0.849. The Labute approximate surface area is 125 Å². The third kappa shape index (κ3) is 3.07. The maximum absolute atomic E-state index is 13.5. The topological polar surface area (TPSA) is 90.2 Å². The van der Waals surface area contributed by atoms with E-state index in [0.717, 1.165) is 12.1 Å². The molecule has 0 aliphatic rings. The van der Waals surface area contributed by atoms with Gasteiger partial charge in [-0.25, -0.2) is 12.8 Å². The van der Waals surface area contributed by atoms with Crippen LogP contribution in [0.15, 0.2) is 41.3 Å². The molecule has 0 atom stereocenters. The third-order valence-corrected chi connectivity index (χ3v) is 4.30. The highest BCUT2D eigenvalue weighted by Crippen LogP contribution is 2.28. The minimum atomic E-state index is -4.16. The first-order valence-electron chi connectivity index (χ1n) is 5.55. The van der Waals surface area contributed by atoms with Gasteiger partial charge in [-0.05, 0) is 30.3 Å². The zero-order valence-electron chi connectivity index (χ0n) is 10.3. The van der Waals surface area contributed by atoms with Gasteiger partial charge in [-0.1, -0.05) is 17.7 Å². The molecule has 108 valence electrons. The largest absolute Gasteiger partial charge is 0.506 e. The molecular weight excluding hydrogens is 319 g/mol. The summed E-state index contributed by atoms with van der Waals surface area (Å²) in [5.41, 5.74) is -0.499. The van der Waals surface area contributed by atoms with Crippen molar-refractivity contribution in [1.82, 2.24) is 0 Å². The number of phenols is 1. The zero-order valence-corrected chi connectivity index (χ0v) is 11.9. The number of halogens is 2. The Kier molecular flexibility index (Phi) is 4.02. The maximum atomic E-state index is 13.5. The van der Waals surface area contributed by atoms with Crippen LogP contribution in [-0.2, 0) is 10.0 Å². The summed E-state index contributed by atoms with van der Waals surface area (Å²) in [6, 6.07) is 8.50. The average Bonchev–Trinajstić information content (AvgIpc) is 2.42. The van der Waals surface area contributed by atoms with Gasteiger partial charge in [0.05, 0.1) is 10.7 Å². The van der Waals surface area contributed by atoms with Gasteiger partial charge >= 0.3 is 0 Å². The predicted molar refractivity (Wildman–Crippen MR) is 75.0 cm³/mol. The Hall–Kier alpha value is -2.30. The van der Waals surface area contributed by atoms with Crippen molar-refractivity contribution < 1.29 is 17.9 Å². The summed E-state index contributed by atoms with van der Waals surface area (Å²) in [6.07, 6.45) is 0. The fraction of sp³-hybridized carbons (Fsp3) is 0. The lowest BCUT2D eigenvalue weighted by molar-refractivity contribution is 0.475. The van der Waals surface area contributed by atoms with Crippen molar-refractivity contribution in [2.75, 3.05) is 4.72 Å². The summed E-state index contributed by atoms with van der Waals surface area (Å²) >= 11 is 5.68. The summed E-state index contributed by atoms with van der Waals surface area (Å²) in [5.74, 6) is -1.13. The first kappa shape index (κ1) is 15.1. The highest BCUT2D eigenvalue weighted by atomic mass is 35.5. The number of nitrogens with zero attached hydrogens (tertiary/aromatic N) is 1. The Morgan fingerprint density at radius 1 is 1.29 bits per heavy atom. The molecule has 0 bridgehead atoms. The first-order chi connectivity index (χ1) is 9.85. The number of phenolic OH excluding ortho intramolecular Hbond substituents is 1. The molecule has 2 rings (SSSR count). The lowest BCUT2D eigenvalue weighted by Gasteiger charge is -2.10. The van der Waals surface area contributed by atoms with Crippen LogP contribution in [0.3, 0.4) is 0 Å². The Morgan fingerprint density at radius 3 is 2.62 bits per heavy atom. The second-order valence-corrected chi connectivity index (χ2v) is 6.05. The van der Waals surface area contributed by atoms with E-state index < -0.39 is 26.3 Å². The number of hydrogen-bond acceptors (Lipinski definition) is 4. The van der Waals surface area contributed by atoms with Crippen molar-refractivity contribution in [3.63, 3.8) is 0 Å². The smallest absolute Gasteiger partial charge is 0.263 e. The number of rotatable bonds is 3. The minimum Gasteiger partial charge on any atom is -0.506 e. The van der Waals surface area contributed by atoms with Crippen molar-refractivity contribution in [2.24, 2.45) is 0 Å². The maximum Gasteiger partial charge on any atom is 0.263 e. The van der Waals surface area contributed by atoms with Crippen molar-refractivity contribution in [2.45, 2.75) is 4.90 Å². The first-order valence-corrected chi connectivity index (χ1v) is 7.41. The molecule has 2 aromatic rings. The van der Waals surface area contributed by atoms with E-state index in [9.17, 15) is 17.9 Å². The van der Waals surface area contributed by atoms with E-state index in [1.54, 1.807) is 0 Å². The van der Waals surface area contributed by atoms with Crippen LogP contribution in [-0.4, -0.2) is 13.5 Å². The molecule has 0 aliphatic heterocycles. The van der Waals surface area contributed by atoms with Gasteiger partial charge < -0.3 is 5.11 Å². The normalized spacial score (nSPS) is 10.9. The van der Waals surface area contributed by atoms with E-state index >= 15 is 0 Å². The highest BCUT2D eigenvalue weighted by Gasteiger charge is 2.21. The molecule has 0 spiro atoms.